The van der Waals surface area contributed by atoms with Gasteiger partial charge in [0.15, 0.2) is 10.3 Å². The third kappa shape index (κ3) is 2.48. The minimum atomic E-state index is -0.581. The van der Waals surface area contributed by atoms with Crippen molar-refractivity contribution in [1.29, 1.82) is 0 Å². The Bertz CT molecular complexity index is 805. The molecule has 0 aliphatic heterocycles. The summed E-state index contributed by atoms with van der Waals surface area (Å²) in [7, 11) is 0. The molecule has 0 aliphatic rings. The zero-order valence-electron chi connectivity index (χ0n) is 9.93. The molecule has 100 valence electrons. The fourth-order valence-electron chi connectivity index (χ4n) is 1.71. The number of carbonyl (C=O) groups excluding carboxylic acids is 1. The van der Waals surface area contributed by atoms with E-state index in [1.807, 2.05) is 0 Å². The van der Waals surface area contributed by atoms with Gasteiger partial charge in [0, 0.05) is 11.8 Å². The predicted octanol–water partition coefficient (Wildman–Crippen LogP) is 3.74. The lowest BCUT2D eigenvalue weighted by atomic mass is 10.2. The number of nitrogens with one attached hydrogen (secondary N) is 1. The molecular weight excluding hydrogens is 301 g/mol. The number of rotatable bonds is 2. The molecule has 4 nitrogen and oxygen atoms in total. The maximum absolute atomic E-state index is 13.4. The van der Waals surface area contributed by atoms with Gasteiger partial charge in [-0.05, 0) is 24.3 Å². The number of carbonyl (C=O) groups is 1. The van der Waals surface area contributed by atoms with E-state index in [-0.39, 0.29) is 5.69 Å². The average molecular weight is 308 g/mol. The van der Waals surface area contributed by atoms with Crippen LogP contribution in [0, 0.1) is 5.82 Å². The molecule has 0 spiro atoms. The number of anilines is 1. The predicted molar refractivity (Wildman–Crippen MR) is 76.8 cm³/mol. The molecule has 0 saturated heterocycles. The van der Waals surface area contributed by atoms with Crippen LogP contribution in [0.3, 0.4) is 0 Å². The highest BCUT2D eigenvalue weighted by Crippen LogP contribution is 2.26. The van der Waals surface area contributed by atoms with Gasteiger partial charge in [-0.15, -0.1) is 11.3 Å². The number of pyridine rings is 1. The van der Waals surface area contributed by atoms with Crippen molar-refractivity contribution in [3.63, 3.8) is 0 Å². The normalized spacial score (nSPS) is 10.7. The second-order valence-electron chi connectivity index (χ2n) is 3.96. The molecule has 3 rings (SSSR count). The Hall–Kier alpha value is -2.05. The Balaban J connectivity index is 1.90. The summed E-state index contributed by atoms with van der Waals surface area (Å²) < 4.78 is 14.6. The van der Waals surface area contributed by atoms with Gasteiger partial charge in [0.2, 0.25) is 0 Å². The van der Waals surface area contributed by atoms with Gasteiger partial charge in [0.1, 0.15) is 0 Å². The average Bonchev–Trinajstić information content (AvgIpc) is 2.80. The number of aromatic nitrogens is 2. The second kappa shape index (κ2) is 5.15. The summed E-state index contributed by atoms with van der Waals surface area (Å²) in [5.74, 6) is -0.982. The van der Waals surface area contributed by atoms with Crippen LogP contribution in [-0.2, 0) is 0 Å². The first kappa shape index (κ1) is 13.0. The van der Waals surface area contributed by atoms with Gasteiger partial charge in [0.25, 0.3) is 5.91 Å². The maximum Gasteiger partial charge on any atom is 0.255 e. The van der Waals surface area contributed by atoms with E-state index in [2.05, 4.69) is 15.3 Å². The number of nitrogens with zero attached hydrogens (tertiary/aromatic N) is 2. The molecule has 2 heterocycles. The molecule has 0 saturated carbocycles. The SMILES string of the molecule is O=C(Nc1ccncc1F)c1ccc2nc(Cl)sc2c1. The Labute approximate surface area is 122 Å². The molecule has 1 aromatic carbocycles. The van der Waals surface area contributed by atoms with Gasteiger partial charge in [-0.3, -0.25) is 9.78 Å². The summed E-state index contributed by atoms with van der Waals surface area (Å²) in [5.41, 5.74) is 1.23. The van der Waals surface area contributed by atoms with Crippen LogP contribution >= 0.6 is 22.9 Å². The molecule has 0 radical (unpaired) electrons. The zero-order chi connectivity index (χ0) is 14.1. The van der Waals surface area contributed by atoms with Crippen LogP contribution in [0.4, 0.5) is 10.1 Å². The topological polar surface area (TPSA) is 54.9 Å². The summed E-state index contributed by atoms with van der Waals surface area (Å²) in [4.78, 5) is 19.8. The van der Waals surface area contributed by atoms with E-state index < -0.39 is 11.7 Å². The first-order valence-electron chi connectivity index (χ1n) is 5.60. The Morgan fingerprint density at radius 3 is 3.00 bits per heavy atom. The molecule has 2 aromatic heterocycles. The third-order valence-electron chi connectivity index (χ3n) is 2.65. The first-order valence-corrected chi connectivity index (χ1v) is 6.80. The molecule has 0 atom stereocenters. The number of halogens is 2. The van der Waals surface area contributed by atoms with E-state index in [1.54, 1.807) is 18.2 Å². The zero-order valence-corrected chi connectivity index (χ0v) is 11.5. The van der Waals surface area contributed by atoms with Crippen LogP contribution in [0.2, 0.25) is 4.47 Å². The molecule has 1 amide bonds. The van der Waals surface area contributed by atoms with Gasteiger partial charge >= 0.3 is 0 Å². The van der Waals surface area contributed by atoms with Gasteiger partial charge in [-0.25, -0.2) is 9.37 Å². The van der Waals surface area contributed by atoms with Crippen molar-refractivity contribution < 1.29 is 9.18 Å². The van der Waals surface area contributed by atoms with E-state index in [1.165, 1.54) is 23.6 Å². The Morgan fingerprint density at radius 2 is 2.20 bits per heavy atom. The number of benzene rings is 1. The van der Waals surface area contributed by atoms with E-state index in [0.29, 0.717) is 10.0 Å². The van der Waals surface area contributed by atoms with Crippen LogP contribution in [-0.4, -0.2) is 15.9 Å². The van der Waals surface area contributed by atoms with Crippen LogP contribution in [0.5, 0.6) is 0 Å². The van der Waals surface area contributed by atoms with Gasteiger partial charge in [-0.2, -0.15) is 0 Å². The number of amides is 1. The lowest BCUT2D eigenvalue weighted by molar-refractivity contribution is 0.102. The number of thiazole rings is 1. The summed E-state index contributed by atoms with van der Waals surface area (Å²) in [5, 5.41) is 2.50. The molecule has 0 bridgehead atoms. The number of fused-ring (bicyclic) bond motifs is 1. The maximum atomic E-state index is 13.4. The lowest BCUT2D eigenvalue weighted by Crippen LogP contribution is -2.12. The number of hydrogen-bond donors (Lipinski definition) is 1. The van der Waals surface area contributed by atoms with Gasteiger partial charge in [0.05, 0.1) is 22.1 Å². The van der Waals surface area contributed by atoms with Crippen LogP contribution in [0.15, 0.2) is 36.7 Å². The van der Waals surface area contributed by atoms with Gasteiger partial charge in [-0.1, -0.05) is 11.6 Å². The van der Waals surface area contributed by atoms with Crippen molar-refractivity contribution in [2.75, 3.05) is 5.32 Å². The van der Waals surface area contributed by atoms with Crippen LogP contribution in [0.1, 0.15) is 10.4 Å². The quantitative estimate of drug-likeness (QED) is 0.784. The standard InChI is InChI=1S/C13H7ClFN3OS/c14-13-18-10-2-1-7(5-11(10)20-13)12(19)17-9-3-4-16-6-8(9)15/h1-6H,(H,16,17,19). The van der Waals surface area contributed by atoms with E-state index in [0.717, 1.165) is 16.4 Å². The first-order chi connectivity index (χ1) is 9.63. The summed E-state index contributed by atoms with van der Waals surface area (Å²) in [6.07, 6.45) is 2.45. The molecule has 20 heavy (non-hydrogen) atoms. The molecule has 3 aromatic rings. The minimum absolute atomic E-state index is 0.0902. The summed E-state index contributed by atoms with van der Waals surface area (Å²) in [6.45, 7) is 0. The van der Waals surface area contributed by atoms with Crippen molar-refractivity contribution in [3.05, 3.63) is 52.5 Å². The monoisotopic (exact) mass is 307 g/mol. The minimum Gasteiger partial charge on any atom is -0.319 e. The van der Waals surface area contributed by atoms with Crippen LogP contribution in [0.25, 0.3) is 10.2 Å². The molecule has 0 fully saturated rings. The molecule has 1 N–H and O–H groups in total. The highest BCUT2D eigenvalue weighted by atomic mass is 35.5. The fourth-order valence-corrected chi connectivity index (χ4v) is 2.78. The lowest BCUT2D eigenvalue weighted by Gasteiger charge is -2.05. The van der Waals surface area contributed by atoms with Crippen molar-refractivity contribution in [3.8, 4) is 0 Å². The smallest absolute Gasteiger partial charge is 0.255 e. The van der Waals surface area contributed by atoms with E-state index in [9.17, 15) is 9.18 Å². The van der Waals surface area contributed by atoms with Crippen molar-refractivity contribution >= 4 is 44.7 Å². The molecular formula is C13H7ClFN3OS. The summed E-state index contributed by atoms with van der Waals surface area (Å²) in [6, 6.07) is 6.39. The highest BCUT2D eigenvalue weighted by Gasteiger charge is 2.11. The highest BCUT2D eigenvalue weighted by molar-refractivity contribution is 7.22. The molecule has 0 aliphatic carbocycles. The number of hydrogen-bond acceptors (Lipinski definition) is 4. The largest absolute Gasteiger partial charge is 0.319 e. The molecule has 7 heteroatoms. The van der Waals surface area contributed by atoms with Crippen molar-refractivity contribution in [2.24, 2.45) is 0 Å². The Kier molecular flexibility index (Phi) is 3.33. The third-order valence-corrected chi connectivity index (χ3v) is 3.77. The fraction of sp³-hybridized carbons (Fsp3) is 0. The van der Waals surface area contributed by atoms with Crippen LogP contribution < -0.4 is 5.32 Å². The van der Waals surface area contributed by atoms with Crippen molar-refractivity contribution in [1.82, 2.24) is 9.97 Å². The second-order valence-corrected chi connectivity index (χ2v) is 5.57. The van der Waals surface area contributed by atoms with Crippen molar-refractivity contribution in [2.45, 2.75) is 0 Å². The van der Waals surface area contributed by atoms with Gasteiger partial charge < -0.3 is 5.32 Å². The van der Waals surface area contributed by atoms with E-state index >= 15 is 0 Å². The summed E-state index contributed by atoms with van der Waals surface area (Å²) >= 11 is 7.10. The molecule has 0 unspecified atom stereocenters. The van der Waals surface area contributed by atoms with E-state index in [4.69, 9.17) is 11.6 Å². The Morgan fingerprint density at radius 1 is 1.35 bits per heavy atom.